The van der Waals surface area contributed by atoms with Crippen molar-refractivity contribution < 1.29 is 21.5 Å². The number of aryl methyl sites for hydroxylation is 1. The van der Waals surface area contributed by atoms with Crippen LogP contribution in [0.5, 0.6) is 5.75 Å². The van der Waals surface area contributed by atoms with Crippen molar-refractivity contribution in [3.63, 3.8) is 0 Å². The lowest BCUT2D eigenvalue weighted by Gasteiger charge is -2.05. The van der Waals surface area contributed by atoms with Crippen molar-refractivity contribution in [2.45, 2.75) is 11.1 Å². The molecule has 4 aromatic rings. The zero-order valence-corrected chi connectivity index (χ0v) is 16.0. The van der Waals surface area contributed by atoms with Crippen LogP contribution in [0.1, 0.15) is 5.89 Å². The number of rotatable bonds is 5. The summed E-state index contributed by atoms with van der Waals surface area (Å²) in [5, 5.41) is 4.25. The topological polar surface area (TPSA) is 95.2 Å². The van der Waals surface area contributed by atoms with Crippen LogP contribution in [-0.2, 0) is 10.1 Å². The van der Waals surface area contributed by atoms with Crippen molar-refractivity contribution in [3.05, 3.63) is 66.4 Å². The molecule has 0 saturated heterocycles. The minimum Gasteiger partial charge on any atom is -0.378 e. The van der Waals surface area contributed by atoms with Gasteiger partial charge in [0, 0.05) is 18.1 Å². The Morgan fingerprint density at radius 1 is 1.04 bits per heavy atom. The van der Waals surface area contributed by atoms with Gasteiger partial charge in [0.05, 0.1) is 6.20 Å². The summed E-state index contributed by atoms with van der Waals surface area (Å²) in [5.74, 6) is 0.593. The van der Waals surface area contributed by atoms with E-state index in [1.54, 1.807) is 19.1 Å². The standard InChI is InChI=1S/C18H12FN3O4S2/c1-11-21-17(22-25-11)12-4-8-15(9-5-12)26-28(23,24)16-10-20-18(27-16)13-2-6-14(19)7-3-13/h2-10H,1H3. The first-order valence-electron chi connectivity index (χ1n) is 7.98. The van der Waals surface area contributed by atoms with E-state index in [-0.39, 0.29) is 15.8 Å². The van der Waals surface area contributed by atoms with Gasteiger partial charge in [-0.1, -0.05) is 16.5 Å². The highest BCUT2D eigenvalue weighted by Gasteiger charge is 2.21. The van der Waals surface area contributed by atoms with E-state index in [9.17, 15) is 12.8 Å². The van der Waals surface area contributed by atoms with Gasteiger partial charge in [-0.15, -0.1) is 0 Å². The second-order valence-corrected chi connectivity index (χ2v) is 8.49. The van der Waals surface area contributed by atoms with Crippen molar-refractivity contribution in [3.8, 4) is 27.7 Å². The van der Waals surface area contributed by atoms with Crippen LogP contribution in [0.4, 0.5) is 4.39 Å². The lowest BCUT2D eigenvalue weighted by atomic mass is 10.2. The van der Waals surface area contributed by atoms with Gasteiger partial charge in [0.15, 0.2) is 4.21 Å². The zero-order chi connectivity index (χ0) is 19.7. The van der Waals surface area contributed by atoms with E-state index in [4.69, 9.17) is 8.71 Å². The van der Waals surface area contributed by atoms with Crippen LogP contribution in [0.15, 0.2) is 63.5 Å². The van der Waals surface area contributed by atoms with Gasteiger partial charge in [-0.2, -0.15) is 13.4 Å². The number of halogens is 1. The molecule has 10 heteroatoms. The first kappa shape index (κ1) is 18.3. The van der Waals surface area contributed by atoms with Gasteiger partial charge < -0.3 is 8.71 Å². The third kappa shape index (κ3) is 3.78. The van der Waals surface area contributed by atoms with Crippen molar-refractivity contribution in [1.82, 2.24) is 15.1 Å². The molecule has 0 atom stereocenters. The molecule has 0 aliphatic carbocycles. The van der Waals surface area contributed by atoms with E-state index in [0.717, 1.165) is 11.3 Å². The number of nitrogens with zero attached hydrogens (tertiary/aromatic N) is 3. The van der Waals surface area contributed by atoms with E-state index >= 15 is 0 Å². The molecule has 0 radical (unpaired) electrons. The summed E-state index contributed by atoms with van der Waals surface area (Å²) in [7, 11) is -4.05. The second kappa shape index (κ2) is 7.13. The monoisotopic (exact) mass is 417 g/mol. The molecule has 0 amide bonds. The lowest BCUT2D eigenvalue weighted by molar-refractivity contribution is 0.394. The molecule has 28 heavy (non-hydrogen) atoms. The number of hydrogen-bond acceptors (Lipinski definition) is 8. The third-order valence-electron chi connectivity index (χ3n) is 3.67. The molecule has 2 heterocycles. The average Bonchev–Trinajstić information content (AvgIpc) is 3.33. The van der Waals surface area contributed by atoms with Crippen LogP contribution >= 0.6 is 11.3 Å². The van der Waals surface area contributed by atoms with E-state index in [1.807, 2.05) is 0 Å². The molecule has 7 nitrogen and oxygen atoms in total. The minimum absolute atomic E-state index is 0.0512. The Morgan fingerprint density at radius 3 is 2.36 bits per heavy atom. The molecule has 4 rings (SSSR count). The maximum Gasteiger partial charge on any atom is 0.350 e. The zero-order valence-electron chi connectivity index (χ0n) is 14.4. The fourth-order valence-electron chi connectivity index (χ4n) is 2.34. The molecular formula is C18H12FN3O4S2. The average molecular weight is 417 g/mol. The van der Waals surface area contributed by atoms with E-state index < -0.39 is 10.1 Å². The van der Waals surface area contributed by atoms with Gasteiger partial charge in [0.1, 0.15) is 16.6 Å². The van der Waals surface area contributed by atoms with Gasteiger partial charge in [0.2, 0.25) is 11.7 Å². The quantitative estimate of drug-likeness (QED) is 0.452. The Labute approximate surface area is 163 Å². The van der Waals surface area contributed by atoms with E-state index in [0.29, 0.717) is 27.8 Å². The maximum atomic E-state index is 13.0. The first-order chi connectivity index (χ1) is 13.4. The largest absolute Gasteiger partial charge is 0.378 e. The first-order valence-corrected chi connectivity index (χ1v) is 10.2. The summed E-state index contributed by atoms with van der Waals surface area (Å²) in [6.07, 6.45) is 1.22. The van der Waals surface area contributed by atoms with Crippen molar-refractivity contribution in [2.24, 2.45) is 0 Å². The van der Waals surface area contributed by atoms with Gasteiger partial charge in [0.25, 0.3) is 0 Å². The maximum absolute atomic E-state index is 13.0. The highest BCUT2D eigenvalue weighted by Crippen LogP contribution is 2.30. The molecule has 0 bridgehead atoms. The van der Waals surface area contributed by atoms with Gasteiger partial charge in [-0.3, -0.25) is 0 Å². The normalized spacial score (nSPS) is 11.5. The van der Waals surface area contributed by atoms with E-state index in [2.05, 4.69) is 15.1 Å². The predicted octanol–water partition coefficient (Wildman–Crippen LogP) is 4.08. The Balaban J connectivity index is 1.53. The summed E-state index contributed by atoms with van der Waals surface area (Å²) in [5.41, 5.74) is 1.28. The Morgan fingerprint density at radius 2 is 1.71 bits per heavy atom. The van der Waals surface area contributed by atoms with Crippen LogP contribution in [0, 0.1) is 12.7 Å². The van der Waals surface area contributed by atoms with Gasteiger partial charge >= 0.3 is 10.1 Å². The minimum atomic E-state index is -4.05. The molecular weight excluding hydrogens is 405 g/mol. The Bertz CT molecular complexity index is 1220. The Hall–Kier alpha value is -3.11. The predicted molar refractivity (Wildman–Crippen MR) is 99.8 cm³/mol. The fourth-order valence-corrected chi connectivity index (χ4v) is 4.38. The third-order valence-corrected chi connectivity index (χ3v) is 6.38. The van der Waals surface area contributed by atoms with Crippen molar-refractivity contribution in [2.75, 3.05) is 0 Å². The number of aromatic nitrogens is 3. The summed E-state index contributed by atoms with van der Waals surface area (Å²) in [6.45, 7) is 1.68. The van der Waals surface area contributed by atoms with E-state index in [1.165, 1.54) is 42.6 Å². The summed E-state index contributed by atoms with van der Waals surface area (Å²) in [6, 6.07) is 11.9. The van der Waals surface area contributed by atoms with Crippen LogP contribution in [0.25, 0.3) is 22.0 Å². The van der Waals surface area contributed by atoms with Crippen LogP contribution in [0.3, 0.4) is 0 Å². The molecule has 0 aliphatic heterocycles. The van der Waals surface area contributed by atoms with Gasteiger partial charge in [-0.05, 0) is 48.5 Å². The number of hydrogen-bond donors (Lipinski definition) is 0. The summed E-state index contributed by atoms with van der Waals surface area (Å²) >= 11 is 0.942. The van der Waals surface area contributed by atoms with Crippen LogP contribution in [-0.4, -0.2) is 23.5 Å². The van der Waals surface area contributed by atoms with Crippen LogP contribution in [0.2, 0.25) is 0 Å². The molecule has 0 aliphatic rings. The highest BCUT2D eigenvalue weighted by molar-refractivity contribution is 7.89. The van der Waals surface area contributed by atoms with Crippen molar-refractivity contribution in [1.29, 1.82) is 0 Å². The molecule has 0 unspecified atom stereocenters. The smallest absolute Gasteiger partial charge is 0.350 e. The SMILES string of the molecule is Cc1nc(-c2ccc(OS(=O)(=O)c3cnc(-c4ccc(F)cc4)s3)cc2)no1. The molecule has 2 aromatic carbocycles. The fraction of sp³-hybridized carbons (Fsp3) is 0.0556. The molecule has 0 N–H and O–H groups in total. The summed E-state index contributed by atoms with van der Waals surface area (Å²) < 4.78 is 48.1. The van der Waals surface area contributed by atoms with Crippen molar-refractivity contribution >= 4 is 21.5 Å². The number of thiazole rings is 1. The lowest BCUT2D eigenvalue weighted by Crippen LogP contribution is -2.07. The molecule has 2 aromatic heterocycles. The highest BCUT2D eigenvalue weighted by atomic mass is 32.3. The van der Waals surface area contributed by atoms with Crippen LogP contribution < -0.4 is 4.18 Å². The second-order valence-electron chi connectivity index (χ2n) is 5.69. The molecule has 0 spiro atoms. The van der Waals surface area contributed by atoms with Gasteiger partial charge in [-0.25, -0.2) is 9.37 Å². The summed E-state index contributed by atoms with van der Waals surface area (Å²) in [4.78, 5) is 8.19. The number of benzene rings is 2. The molecule has 142 valence electrons. The molecule has 0 fully saturated rings. The Kier molecular flexibility index (Phi) is 4.65. The molecule has 0 saturated carbocycles.